The highest BCUT2D eigenvalue weighted by Crippen LogP contribution is 2.01. The Hall–Kier alpha value is -2.18. The molecule has 1 aromatic rings. The lowest BCUT2D eigenvalue weighted by molar-refractivity contribution is -0.633. The SMILES string of the molecule is N=C(N)N(Cc1cccnc1)[N+](=O)[O-]. The quantitative estimate of drug-likeness (QED) is 0.304. The second-order valence-electron chi connectivity index (χ2n) is 2.54. The van der Waals surface area contributed by atoms with Crippen LogP contribution in [0, 0.1) is 15.5 Å². The molecular formula is C7H9N5O2. The number of hydrogen-bond acceptors (Lipinski definition) is 4. The summed E-state index contributed by atoms with van der Waals surface area (Å²) < 4.78 is 0. The van der Waals surface area contributed by atoms with Crippen molar-refractivity contribution in [3.8, 4) is 0 Å². The lowest BCUT2D eigenvalue weighted by Gasteiger charge is -2.10. The number of nitrogens with two attached hydrogens (primary N) is 1. The first-order valence-electron chi connectivity index (χ1n) is 3.76. The van der Waals surface area contributed by atoms with Crippen LogP contribution in [0.3, 0.4) is 0 Å². The smallest absolute Gasteiger partial charge is 0.252 e. The Kier molecular flexibility index (Phi) is 2.95. The lowest BCUT2D eigenvalue weighted by Crippen LogP contribution is -2.40. The molecule has 0 atom stereocenters. The molecule has 0 saturated carbocycles. The van der Waals surface area contributed by atoms with Gasteiger partial charge in [0.1, 0.15) is 6.54 Å². The number of pyridine rings is 1. The number of nitro groups is 1. The van der Waals surface area contributed by atoms with Crippen molar-refractivity contribution < 1.29 is 5.03 Å². The van der Waals surface area contributed by atoms with Gasteiger partial charge in [0, 0.05) is 12.4 Å². The maximum Gasteiger partial charge on any atom is 0.252 e. The van der Waals surface area contributed by atoms with E-state index in [1.165, 1.54) is 6.20 Å². The first-order chi connectivity index (χ1) is 6.61. The first kappa shape index (κ1) is 9.90. The van der Waals surface area contributed by atoms with Gasteiger partial charge in [0.2, 0.25) is 0 Å². The van der Waals surface area contributed by atoms with E-state index in [2.05, 4.69) is 4.98 Å². The molecule has 0 unspecified atom stereocenters. The van der Waals surface area contributed by atoms with Crippen LogP contribution in [0.2, 0.25) is 0 Å². The Morgan fingerprint density at radius 3 is 2.93 bits per heavy atom. The normalized spacial score (nSPS) is 9.43. The summed E-state index contributed by atoms with van der Waals surface area (Å²) in [5.41, 5.74) is 5.66. The van der Waals surface area contributed by atoms with Crippen LogP contribution in [0.1, 0.15) is 5.56 Å². The monoisotopic (exact) mass is 195 g/mol. The van der Waals surface area contributed by atoms with Gasteiger partial charge in [-0.3, -0.25) is 10.4 Å². The van der Waals surface area contributed by atoms with E-state index in [-0.39, 0.29) is 6.54 Å². The van der Waals surface area contributed by atoms with Crippen LogP contribution in [0.15, 0.2) is 24.5 Å². The molecule has 3 N–H and O–H groups in total. The molecule has 0 aliphatic carbocycles. The van der Waals surface area contributed by atoms with Gasteiger partial charge in [-0.05, 0) is 11.6 Å². The zero-order valence-electron chi connectivity index (χ0n) is 7.25. The zero-order valence-corrected chi connectivity index (χ0v) is 7.25. The summed E-state index contributed by atoms with van der Waals surface area (Å²) in [6.45, 7) is -0.0594. The van der Waals surface area contributed by atoms with Gasteiger partial charge >= 0.3 is 0 Å². The van der Waals surface area contributed by atoms with E-state index in [4.69, 9.17) is 11.1 Å². The lowest BCUT2D eigenvalue weighted by atomic mass is 10.3. The van der Waals surface area contributed by atoms with E-state index >= 15 is 0 Å². The number of nitrogens with one attached hydrogen (secondary N) is 1. The van der Waals surface area contributed by atoms with Gasteiger partial charge in [-0.2, -0.15) is 0 Å². The minimum absolute atomic E-state index is 0.0594. The van der Waals surface area contributed by atoms with Crippen molar-refractivity contribution in [2.45, 2.75) is 6.54 Å². The van der Waals surface area contributed by atoms with Crippen LogP contribution < -0.4 is 5.73 Å². The Bertz CT molecular complexity index is 325. The third-order valence-electron chi connectivity index (χ3n) is 1.53. The molecule has 0 aromatic carbocycles. The van der Waals surface area contributed by atoms with Crippen LogP contribution in [-0.2, 0) is 6.54 Å². The number of nitrogens with zero attached hydrogens (tertiary/aromatic N) is 3. The van der Waals surface area contributed by atoms with E-state index in [9.17, 15) is 10.1 Å². The summed E-state index contributed by atoms with van der Waals surface area (Å²) in [6, 6.07) is 3.33. The highest BCUT2D eigenvalue weighted by Gasteiger charge is 2.17. The van der Waals surface area contributed by atoms with Gasteiger partial charge in [-0.25, -0.2) is 10.1 Å². The second-order valence-corrected chi connectivity index (χ2v) is 2.54. The molecule has 7 nitrogen and oxygen atoms in total. The van der Waals surface area contributed by atoms with Gasteiger partial charge in [-0.1, -0.05) is 11.1 Å². The number of guanidine groups is 1. The molecule has 14 heavy (non-hydrogen) atoms. The van der Waals surface area contributed by atoms with E-state index < -0.39 is 11.0 Å². The van der Waals surface area contributed by atoms with Crippen molar-refractivity contribution in [2.24, 2.45) is 5.73 Å². The van der Waals surface area contributed by atoms with Crippen LogP contribution in [-0.4, -0.2) is 21.0 Å². The van der Waals surface area contributed by atoms with E-state index in [0.717, 1.165) is 0 Å². The Balaban J connectivity index is 2.75. The Morgan fingerprint density at radius 2 is 2.50 bits per heavy atom. The van der Waals surface area contributed by atoms with Crippen molar-refractivity contribution in [1.29, 1.82) is 5.41 Å². The van der Waals surface area contributed by atoms with Crippen molar-refractivity contribution in [3.63, 3.8) is 0 Å². The predicted octanol–water partition coefficient (Wildman–Crippen LogP) is -0.0312. The minimum Gasteiger partial charge on any atom is -0.365 e. The van der Waals surface area contributed by atoms with Crippen LogP contribution in [0.4, 0.5) is 0 Å². The zero-order chi connectivity index (χ0) is 10.6. The molecule has 0 amide bonds. The fourth-order valence-corrected chi connectivity index (χ4v) is 0.895. The van der Waals surface area contributed by atoms with Crippen molar-refractivity contribution in [1.82, 2.24) is 9.99 Å². The van der Waals surface area contributed by atoms with Crippen LogP contribution in [0.5, 0.6) is 0 Å². The van der Waals surface area contributed by atoms with Gasteiger partial charge < -0.3 is 5.73 Å². The maximum absolute atomic E-state index is 10.4. The largest absolute Gasteiger partial charge is 0.365 e. The van der Waals surface area contributed by atoms with E-state index in [1.54, 1.807) is 18.3 Å². The summed E-state index contributed by atoms with van der Waals surface area (Å²) >= 11 is 0. The molecule has 0 fully saturated rings. The number of aromatic nitrogens is 1. The predicted molar refractivity (Wildman–Crippen MR) is 48.7 cm³/mol. The Labute approximate surface area is 79.8 Å². The fourth-order valence-electron chi connectivity index (χ4n) is 0.895. The summed E-state index contributed by atoms with van der Waals surface area (Å²) in [6.07, 6.45) is 3.05. The highest BCUT2D eigenvalue weighted by atomic mass is 16.7. The van der Waals surface area contributed by atoms with E-state index in [0.29, 0.717) is 10.6 Å². The minimum atomic E-state index is -0.727. The third-order valence-corrected chi connectivity index (χ3v) is 1.53. The number of hydrazine groups is 1. The molecule has 74 valence electrons. The number of hydrogen-bond donors (Lipinski definition) is 2. The standard InChI is InChI=1S/C7H9N5O2/c8-7(9)11(12(13)14)5-6-2-1-3-10-4-6/h1-4H,5H2,(H3,8,9). The molecule has 1 heterocycles. The fraction of sp³-hybridized carbons (Fsp3) is 0.143. The van der Waals surface area contributed by atoms with Gasteiger partial charge in [0.05, 0.1) is 0 Å². The molecule has 0 aliphatic rings. The molecule has 0 bridgehead atoms. The molecule has 0 spiro atoms. The van der Waals surface area contributed by atoms with Gasteiger partial charge in [0.25, 0.3) is 5.96 Å². The first-order valence-corrected chi connectivity index (χ1v) is 3.76. The van der Waals surface area contributed by atoms with Crippen molar-refractivity contribution in [3.05, 3.63) is 40.2 Å². The molecule has 7 heteroatoms. The molecular weight excluding hydrogens is 186 g/mol. The summed E-state index contributed by atoms with van der Waals surface area (Å²) in [5.74, 6) is -0.598. The molecule has 0 aliphatic heterocycles. The Morgan fingerprint density at radius 1 is 1.79 bits per heavy atom. The summed E-state index contributed by atoms with van der Waals surface area (Å²) in [4.78, 5) is 14.2. The molecule has 1 rings (SSSR count). The van der Waals surface area contributed by atoms with Gasteiger partial charge in [-0.15, -0.1) is 0 Å². The summed E-state index contributed by atoms with van der Waals surface area (Å²) in [7, 11) is 0. The molecule has 0 saturated heterocycles. The number of rotatable bonds is 3. The second kappa shape index (κ2) is 4.17. The highest BCUT2D eigenvalue weighted by molar-refractivity contribution is 5.73. The van der Waals surface area contributed by atoms with Gasteiger partial charge in [0.15, 0.2) is 5.03 Å². The van der Waals surface area contributed by atoms with Crippen molar-refractivity contribution >= 4 is 5.96 Å². The molecule has 1 aromatic heterocycles. The van der Waals surface area contributed by atoms with Crippen LogP contribution >= 0.6 is 0 Å². The third kappa shape index (κ3) is 2.41. The van der Waals surface area contributed by atoms with Crippen LogP contribution in [0.25, 0.3) is 0 Å². The summed E-state index contributed by atoms with van der Waals surface area (Å²) in [5, 5.41) is 17.2. The van der Waals surface area contributed by atoms with E-state index in [1.807, 2.05) is 0 Å². The average Bonchev–Trinajstić information content (AvgIpc) is 2.15. The average molecular weight is 195 g/mol. The topological polar surface area (TPSA) is 109 Å². The maximum atomic E-state index is 10.4. The van der Waals surface area contributed by atoms with Crippen molar-refractivity contribution in [2.75, 3.05) is 0 Å². The molecule has 0 radical (unpaired) electrons.